The average Bonchev–Trinajstić information content (AvgIpc) is 2.73. The fourth-order valence-corrected chi connectivity index (χ4v) is 2.86. The second kappa shape index (κ2) is 6.18. The Bertz CT molecular complexity index is 470. The zero-order valence-electron chi connectivity index (χ0n) is 12.0. The van der Waals surface area contributed by atoms with Gasteiger partial charge in [-0.2, -0.15) is 0 Å². The van der Waals surface area contributed by atoms with E-state index in [1.54, 1.807) is 0 Å². The molecule has 1 fully saturated rings. The van der Waals surface area contributed by atoms with Crippen LogP contribution in [0.15, 0.2) is 30.3 Å². The van der Waals surface area contributed by atoms with E-state index in [2.05, 4.69) is 5.32 Å². The minimum Gasteiger partial charge on any atom is -0.461 e. The molecule has 1 aliphatic heterocycles. The Morgan fingerprint density at radius 2 is 2.10 bits per heavy atom. The van der Waals surface area contributed by atoms with Gasteiger partial charge >= 0.3 is 5.97 Å². The molecule has 0 amide bonds. The lowest BCUT2D eigenvalue weighted by molar-refractivity contribution is -0.153. The molecular formula is C16H21NO3. The van der Waals surface area contributed by atoms with E-state index in [1.807, 2.05) is 44.2 Å². The third kappa shape index (κ3) is 3.25. The van der Waals surface area contributed by atoms with Gasteiger partial charge in [-0.05, 0) is 31.9 Å². The predicted molar refractivity (Wildman–Crippen MR) is 76.0 cm³/mol. The molecule has 0 spiro atoms. The minimum absolute atomic E-state index is 0.0192. The number of esters is 1. The number of rotatable bonds is 5. The van der Waals surface area contributed by atoms with Crippen molar-refractivity contribution in [2.75, 3.05) is 6.54 Å². The van der Waals surface area contributed by atoms with Crippen molar-refractivity contribution >= 4 is 12.3 Å². The Labute approximate surface area is 119 Å². The first kappa shape index (κ1) is 14.7. The van der Waals surface area contributed by atoms with Crippen LogP contribution < -0.4 is 5.32 Å². The maximum Gasteiger partial charge on any atom is 0.311 e. The van der Waals surface area contributed by atoms with Gasteiger partial charge in [0.05, 0.1) is 5.92 Å². The molecule has 1 heterocycles. The SMILES string of the molecule is CC1(C)NCC(CC=O)[C@@H]1C(=O)OCc1ccccc1. The normalized spacial score (nSPS) is 24.3. The molecule has 0 bridgehead atoms. The van der Waals surface area contributed by atoms with Gasteiger partial charge in [-0.1, -0.05) is 30.3 Å². The van der Waals surface area contributed by atoms with E-state index in [-0.39, 0.29) is 30.0 Å². The highest BCUT2D eigenvalue weighted by Gasteiger charge is 2.46. The van der Waals surface area contributed by atoms with E-state index in [4.69, 9.17) is 4.74 Å². The molecule has 4 nitrogen and oxygen atoms in total. The number of nitrogens with one attached hydrogen (secondary N) is 1. The Hall–Kier alpha value is -1.68. The molecule has 0 aromatic heterocycles. The quantitative estimate of drug-likeness (QED) is 0.659. The monoisotopic (exact) mass is 275 g/mol. The van der Waals surface area contributed by atoms with Gasteiger partial charge in [0.1, 0.15) is 12.9 Å². The summed E-state index contributed by atoms with van der Waals surface area (Å²) in [7, 11) is 0. The Balaban J connectivity index is 2.00. The summed E-state index contributed by atoms with van der Waals surface area (Å²) in [6.07, 6.45) is 1.27. The van der Waals surface area contributed by atoms with Crippen LogP contribution in [-0.2, 0) is 20.9 Å². The molecule has 20 heavy (non-hydrogen) atoms. The van der Waals surface area contributed by atoms with Crippen LogP contribution >= 0.6 is 0 Å². The highest BCUT2D eigenvalue weighted by Crippen LogP contribution is 2.33. The molecule has 0 radical (unpaired) electrons. The zero-order chi connectivity index (χ0) is 14.6. The van der Waals surface area contributed by atoms with E-state index in [9.17, 15) is 9.59 Å². The van der Waals surface area contributed by atoms with Crippen molar-refractivity contribution in [2.24, 2.45) is 11.8 Å². The van der Waals surface area contributed by atoms with Crippen LogP contribution in [0.25, 0.3) is 0 Å². The van der Waals surface area contributed by atoms with Crippen LogP contribution in [0.1, 0.15) is 25.8 Å². The molecule has 0 saturated carbocycles. The third-order valence-electron chi connectivity index (χ3n) is 3.95. The van der Waals surface area contributed by atoms with E-state index < -0.39 is 0 Å². The summed E-state index contributed by atoms with van der Waals surface area (Å²) in [5.41, 5.74) is 0.637. The van der Waals surface area contributed by atoms with Crippen LogP contribution in [0.4, 0.5) is 0 Å². The van der Waals surface area contributed by atoms with Crippen molar-refractivity contribution in [3.05, 3.63) is 35.9 Å². The second-order valence-electron chi connectivity index (χ2n) is 5.84. The summed E-state index contributed by atoms with van der Waals surface area (Å²) < 4.78 is 5.43. The smallest absolute Gasteiger partial charge is 0.311 e. The van der Waals surface area contributed by atoms with Gasteiger partial charge in [0.25, 0.3) is 0 Å². The van der Waals surface area contributed by atoms with Crippen LogP contribution in [-0.4, -0.2) is 24.3 Å². The van der Waals surface area contributed by atoms with Crippen LogP contribution in [0.2, 0.25) is 0 Å². The Morgan fingerprint density at radius 3 is 2.75 bits per heavy atom. The molecule has 1 unspecified atom stereocenters. The van der Waals surface area contributed by atoms with E-state index in [0.29, 0.717) is 13.0 Å². The van der Waals surface area contributed by atoms with Crippen LogP contribution in [0, 0.1) is 11.8 Å². The summed E-state index contributed by atoms with van der Waals surface area (Å²) in [5.74, 6) is -0.488. The lowest BCUT2D eigenvalue weighted by atomic mass is 9.81. The molecule has 4 heteroatoms. The number of benzene rings is 1. The van der Waals surface area contributed by atoms with Gasteiger partial charge in [-0.25, -0.2) is 0 Å². The first-order valence-electron chi connectivity index (χ1n) is 6.94. The topological polar surface area (TPSA) is 55.4 Å². The molecule has 1 aromatic carbocycles. The molecular weight excluding hydrogens is 254 g/mol. The molecule has 1 aromatic rings. The number of carbonyl (C=O) groups excluding carboxylic acids is 2. The van der Waals surface area contributed by atoms with Crippen molar-refractivity contribution in [3.63, 3.8) is 0 Å². The highest BCUT2D eigenvalue weighted by atomic mass is 16.5. The summed E-state index contributed by atoms with van der Waals surface area (Å²) in [6.45, 7) is 4.91. The van der Waals surface area contributed by atoms with Crippen molar-refractivity contribution in [2.45, 2.75) is 32.4 Å². The zero-order valence-corrected chi connectivity index (χ0v) is 12.0. The van der Waals surface area contributed by atoms with Crippen molar-refractivity contribution in [1.29, 1.82) is 0 Å². The third-order valence-corrected chi connectivity index (χ3v) is 3.95. The standard InChI is InChI=1S/C16H21NO3/c1-16(2)14(13(8-9-18)10-17-16)15(19)20-11-12-6-4-3-5-7-12/h3-7,9,13-14,17H,8,10-11H2,1-2H3/t13?,14-/m1/s1. The molecule has 2 rings (SSSR count). The number of carbonyl (C=O) groups is 2. The fourth-order valence-electron chi connectivity index (χ4n) is 2.86. The minimum atomic E-state index is -0.332. The summed E-state index contributed by atoms with van der Waals surface area (Å²) >= 11 is 0. The summed E-state index contributed by atoms with van der Waals surface area (Å²) in [5, 5.41) is 3.30. The Morgan fingerprint density at radius 1 is 1.40 bits per heavy atom. The fraction of sp³-hybridized carbons (Fsp3) is 0.500. The van der Waals surface area contributed by atoms with Gasteiger partial charge in [0.15, 0.2) is 0 Å². The molecule has 1 aliphatic rings. The predicted octanol–water partition coefficient (Wildman–Crippen LogP) is 1.93. The van der Waals surface area contributed by atoms with Gasteiger partial charge < -0.3 is 14.8 Å². The molecule has 0 aliphatic carbocycles. The van der Waals surface area contributed by atoms with E-state index in [1.165, 1.54) is 0 Å². The largest absolute Gasteiger partial charge is 0.461 e. The average molecular weight is 275 g/mol. The lowest BCUT2D eigenvalue weighted by Crippen LogP contribution is -2.43. The van der Waals surface area contributed by atoms with Crippen molar-refractivity contribution < 1.29 is 14.3 Å². The molecule has 1 saturated heterocycles. The number of hydrogen-bond donors (Lipinski definition) is 1. The maximum absolute atomic E-state index is 12.3. The van der Waals surface area contributed by atoms with Gasteiger partial charge in [0.2, 0.25) is 0 Å². The number of aldehydes is 1. The van der Waals surface area contributed by atoms with Crippen molar-refractivity contribution in [1.82, 2.24) is 5.32 Å². The second-order valence-corrected chi connectivity index (χ2v) is 5.84. The van der Waals surface area contributed by atoms with Crippen LogP contribution in [0.5, 0.6) is 0 Å². The summed E-state index contributed by atoms with van der Waals surface area (Å²) in [4.78, 5) is 23.1. The first-order chi connectivity index (χ1) is 9.54. The van der Waals surface area contributed by atoms with Crippen LogP contribution in [0.3, 0.4) is 0 Å². The maximum atomic E-state index is 12.3. The number of hydrogen-bond acceptors (Lipinski definition) is 4. The van der Waals surface area contributed by atoms with Crippen molar-refractivity contribution in [3.8, 4) is 0 Å². The molecule has 2 atom stereocenters. The Kier molecular flexibility index (Phi) is 4.55. The van der Waals surface area contributed by atoms with Gasteiger partial charge in [-0.15, -0.1) is 0 Å². The molecule has 1 N–H and O–H groups in total. The summed E-state index contributed by atoms with van der Waals surface area (Å²) in [6, 6.07) is 9.61. The van der Waals surface area contributed by atoms with Gasteiger partial charge in [0, 0.05) is 12.0 Å². The first-order valence-corrected chi connectivity index (χ1v) is 6.94. The van der Waals surface area contributed by atoms with E-state index >= 15 is 0 Å². The molecule has 108 valence electrons. The van der Waals surface area contributed by atoms with Gasteiger partial charge in [-0.3, -0.25) is 4.79 Å². The number of ether oxygens (including phenoxy) is 1. The highest BCUT2D eigenvalue weighted by molar-refractivity contribution is 5.75. The lowest BCUT2D eigenvalue weighted by Gasteiger charge is -2.27. The van der Waals surface area contributed by atoms with E-state index in [0.717, 1.165) is 11.8 Å².